The van der Waals surface area contributed by atoms with Gasteiger partial charge in [0.15, 0.2) is 0 Å². The first-order valence-electron chi connectivity index (χ1n) is 10.6. The predicted octanol–water partition coefficient (Wildman–Crippen LogP) is 10.5. The summed E-state index contributed by atoms with van der Waals surface area (Å²) in [4.78, 5) is 0. The smallest absolute Gasteiger partial charge is 0.145 e. The van der Waals surface area contributed by atoms with Gasteiger partial charge in [0.25, 0.3) is 0 Å². The van der Waals surface area contributed by atoms with Crippen LogP contribution in [0.3, 0.4) is 0 Å². The monoisotopic (exact) mass is 570 g/mol. The number of hydrogen-bond acceptors (Lipinski definition) is 3. The van der Waals surface area contributed by atoms with E-state index in [2.05, 4.69) is 79.7 Å². The normalized spacial score (nSPS) is 12.5. The summed E-state index contributed by atoms with van der Waals surface area (Å²) in [5.74, 6) is 0. The minimum absolute atomic E-state index is 0.886. The SMILES string of the molecule is Brc1cc2c3ccsc3c3cc(Br)c4c5ccccc5oc4c3c2c2oc3ccccc3c12. The molecule has 0 aliphatic heterocycles. The van der Waals surface area contributed by atoms with E-state index in [9.17, 15) is 0 Å². The summed E-state index contributed by atoms with van der Waals surface area (Å²) in [6.07, 6.45) is 0. The van der Waals surface area contributed by atoms with Gasteiger partial charge < -0.3 is 8.83 Å². The topological polar surface area (TPSA) is 26.3 Å². The van der Waals surface area contributed by atoms with Crippen molar-refractivity contribution in [2.45, 2.75) is 0 Å². The predicted molar refractivity (Wildman–Crippen MR) is 147 cm³/mol. The molecule has 156 valence electrons. The third-order valence-corrected chi connectivity index (χ3v) is 8.85. The summed E-state index contributed by atoms with van der Waals surface area (Å²) in [7, 11) is 0. The fraction of sp³-hybridized carbons (Fsp3) is 0. The zero-order valence-corrected chi connectivity index (χ0v) is 20.9. The van der Waals surface area contributed by atoms with Gasteiger partial charge in [-0.25, -0.2) is 0 Å². The molecule has 0 aliphatic carbocycles. The second-order valence-corrected chi connectivity index (χ2v) is 11.0. The Morgan fingerprint density at radius 1 is 0.545 bits per heavy atom. The van der Waals surface area contributed by atoms with Gasteiger partial charge in [0, 0.05) is 56.7 Å². The summed E-state index contributed by atoms with van der Waals surface area (Å²) in [6.45, 7) is 0. The van der Waals surface area contributed by atoms with E-state index in [0.29, 0.717) is 0 Å². The quantitative estimate of drug-likeness (QED) is 0.169. The molecule has 2 nitrogen and oxygen atoms in total. The van der Waals surface area contributed by atoms with Crippen molar-refractivity contribution in [3.05, 3.63) is 81.1 Å². The second kappa shape index (κ2) is 6.38. The number of rotatable bonds is 0. The van der Waals surface area contributed by atoms with E-state index >= 15 is 0 Å². The van der Waals surface area contributed by atoms with E-state index in [-0.39, 0.29) is 0 Å². The van der Waals surface area contributed by atoms with Crippen LogP contribution >= 0.6 is 43.2 Å². The van der Waals surface area contributed by atoms with Gasteiger partial charge in [0.05, 0.1) is 0 Å². The molecule has 0 N–H and O–H groups in total. The van der Waals surface area contributed by atoms with Gasteiger partial charge in [-0.2, -0.15) is 0 Å². The van der Waals surface area contributed by atoms with Crippen molar-refractivity contribution in [3.8, 4) is 0 Å². The first-order valence-corrected chi connectivity index (χ1v) is 13.0. The van der Waals surface area contributed by atoms with Gasteiger partial charge in [-0.3, -0.25) is 0 Å². The number of halogens is 2. The highest BCUT2D eigenvalue weighted by Crippen LogP contribution is 2.50. The van der Waals surface area contributed by atoms with Crippen LogP contribution in [0.2, 0.25) is 0 Å². The van der Waals surface area contributed by atoms with Crippen molar-refractivity contribution < 1.29 is 8.83 Å². The molecule has 3 heterocycles. The van der Waals surface area contributed by atoms with Crippen molar-refractivity contribution >= 4 is 119 Å². The second-order valence-electron chi connectivity index (χ2n) is 8.33. The van der Waals surface area contributed by atoms with Crippen LogP contribution in [0.5, 0.6) is 0 Å². The minimum atomic E-state index is 0.886. The fourth-order valence-electron chi connectivity index (χ4n) is 5.32. The Hall–Kier alpha value is -2.86. The molecule has 5 heteroatoms. The Morgan fingerprint density at radius 3 is 1.73 bits per heavy atom. The van der Waals surface area contributed by atoms with Gasteiger partial charge in [-0.1, -0.05) is 36.4 Å². The average molecular weight is 572 g/mol. The third kappa shape index (κ3) is 2.27. The van der Waals surface area contributed by atoms with Crippen LogP contribution in [-0.4, -0.2) is 0 Å². The van der Waals surface area contributed by atoms with Crippen LogP contribution < -0.4 is 0 Å². The van der Waals surface area contributed by atoms with Crippen LogP contribution in [0.4, 0.5) is 0 Å². The van der Waals surface area contributed by atoms with Crippen LogP contribution in [0.25, 0.3) is 75.5 Å². The lowest BCUT2D eigenvalue weighted by Gasteiger charge is -2.10. The van der Waals surface area contributed by atoms with Crippen LogP contribution in [0.1, 0.15) is 0 Å². The number of furan rings is 2. The maximum atomic E-state index is 6.55. The van der Waals surface area contributed by atoms with E-state index in [0.717, 1.165) is 63.6 Å². The molecule has 8 rings (SSSR count). The van der Waals surface area contributed by atoms with E-state index in [4.69, 9.17) is 8.83 Å². The maximum absolute atomic E-state index is 6.55. The maximum Gasteiger partial charge on any atom is 0.145 e. The fourth-order valence-corrected chi connectivity index (χ4v) is 7.50. The highest BCUT2D eigenvalue weighted by molar-refractivity contribution is 9.11. The zero-order valence-electron chi connectivity index (χ0n) is 16.9. The summed E-state index contributed by atoms with van der Waals surface area (Å²) in [5.41, 5.74) is 3.56. The third-order valence-electron chi connectivity index (χ3n) is 6.65. The molecule has 3 aromatic heterocycles. The first kappa shape index (κ1) is 18.6. The van der Waals surface area contributed by atoms with Gasteiger partial charge in [0.1, 0.15) is 22.3 Å². The number of fused-ring (bicyclic) bond motifs is 14. The Labute approximate surface area is 207 Å². The number of hydrogen-bond donors (Lipinski definition) is 0. The van der Waals surface area contributed by atoms with E-state index in [1.165, 1.54) is 20.9 Å². The van der Waals surface area contributed by atoms with Crippen molar-refractivity contribution in [2.24, 2.45) is 0 Å². The highest BCUT2D eigenvalue weighted by atomic mass is 79.9. The zero-order chi connectivity index (χ0) is 21.8. The molecule has 0 spiro atoms. The molecule has 0 atom stereocenters. The summed E-state index contributed by atoms with van der Waals surface area (Å²) < 4.78 is 16.4. The molecule has 0 unspecified atom stereocenters. The summed E-state index contributed by atoms with van der Waals surface area (Å²) in [5, 5.41) is 12.4. The molecule has 8 aromatic rings. The molecular weight excluding hydrogens is 560 g/mol. The molecule has 5 aromatic carbocycles. The lowest BCUT2D eigenvalue weighted by molar-refractivity contribution is 0.670. The van der Waals surface area contributed by atoms with Crippen molar-refractivity contribution in [1.82, 2.24) is 0 Å². The molecule has 0 amide bonds. The standard InChI is InChI=1S/C28H12Br2O2S/c29-18-11-16-13-9-10-33-28(13)17-12-19(30)23-15-6-2-4-8-21(15)32-27(23)25(17)24(16)26-22(18)14-5-1-3-7-20(14)31-26/h1-12H. The van der Waals surface area contributed by atoms with Crippen LogP contribution in [-0.2, 0) is 0 Å². The average Bonchev–Trinajstić information content (AvgIpc) is 3.54. The number of thiophene rings is 1. The van der Waals surface area contributed by atoms with Gasteiger partial charge in [0.2, 0.25) is 0 Å². The van der Waals surface area contributed by atoms with E-state index < -0.39 is 0 Å². The molecule has 0 saturated heterocycles. The lowest BCUT2D eigenvalue weighted by atomic mass is 9.95. The van der Waals surface area contributed by atoms with Crippen LogP contribution in [0, 0.1) is 0 Å². The molecule has 0 bridgehead atoms. The molecule has 0 fully saturated rings. The molecular formula is C28H12Br2O2S. The molecule has 0 aliphatic rings. The Bertz CT molecular complexity index is 1960. The Morgan fingerprint density at radius 2 is 1.09 bits per heavy atom. The van der Waals surface area contributed by atoms with Crippen molar-refractivity contribution in [2.75, 3.05) is 0 Å². The van der Waals surface area contributed by atoms with Crippen molar-refractivity contribution in [3.63, 3.8) is 0 Å². The van der Waals surface area contributed by atoms with Gasteiger partial charge in [-0.05, 0) is 73.0 Å². The van der Waals surface area contributed by atoms with Crippen molar-refractivity contribution in [1.29, 1.82) is 0 Å². The first-order chi connectivity index (χ1) is 16.2. The lowest BCUT2D eigenvalue weighted by Crippen LogP contribution is -1.84. The van der Waals surface area contributed by atoms with E-state index in [1.807, 2.05) is 24.3 Å². The minimum Gasteiger partial charge on any atom is -0.455 e. The summed E-state index contributed by atoms with van der Waals surface area (Å²) >= 11 is 9.48. The number of benzene rings is 5. The Kier molecular flexibility index (Phi) is 3.59. The van der Waals surface area contributed by atoms with Crippen LogP contribution in [0.15, 0.2) is 89.9 Å². The summed E-state index contributed by atoms with van der Waals surface area (Å²) in [6, 6.07) is 23.2. The van der Waals surface area contributed by atoms with E-state index in [1.54, 1.807) is 11.3 Å². The van der Waals surface area contributed by atoms with Gasteiger partial charge in [-0.15, -0.1) is 11.3 Å². The molecule has 0 saturated carbocycles. The number of para-hydroxylation sites is 2. The largest absolute Gasteiger partial charge is 0.455 e. The van der Waals surface area contributed by atoms with Gasteiger partial charge >= 0.3 is 0 Å². The molecule has 0 radical (unpaired) electrons. The Balaban J connectivity index is 1.80. The highest BCUT2D eigenvalue weighted by Gasteiger charge is 2.23. The molecule has 33 heavy (non-hydrogen) atoms.